The van der Waals surface area contributed by atoms with Crippen molar-refractivity contribution in [3.05, 3.63) is 30.1 Å². The second kappa shape index (κ2) is 8.83. The molecule has 0 aliphatic carbocycles. The van der Waals surface area contributed by atoms with E-state index in [0.29, 0.717) is 20.9 Å². The summed E-state index contributed by atoms with van der Waals surface area (Å²) in [7, 11) is 0. The highest BCUT2D eigenvalue weighted by Crippen LogP contribution is 2.27. The van der Waals surface area contributed by atoms with Crippen LogP contribution in [0.3, 0.4) is 0 Å². The Bertz CT molecular complexity index is 646. The monoisotopic (exact) mass is 354 g/mol. The Hall–Kier alpha value is -1.67. The van der Waals surface area contributed by atoms with Crippen molar-refractivity contribution in [2.45, 2.75) is 37.1 Å². The van der Waals surface area contributed by atoms with Crippen LogP contribution < -0.4 is 10.6 Å². The Morgan fingerprint density at radius 1 is 1.35 bits per heavy atom. The van der Waals surface area contributed by atoms with E-state index in [0.717, 1.165) is 12.8 Å². The van der Waals surface area contributed by atoms with E-state index in [1.807, 2.05) is 0 Å². The highest BCUT2D eigenvalue weighted by atomic mass is 32.2. The lowest BCUT2D eigenvalue weighted by Crippen LogP contribution is -2.34. The summed E-state index contributed by atoms with van der Waals surface area (Å²) in [4.78, 5) is 11.8. The number of nitrogens with zero attached hydrogens (tertiary/aromatic N) is 2. The Morgan fingerprint density at radius 2 is 2.13 bits per heavy atom. The maximum absolute atomic E-state index is 13.1. The summed E-state index contributed by atoms with van der Waals surface area (Å²) in [6, 6.07) is 6.36. The van der Waals surface area contributed by atoms with Crippen LogP contribution in [0.15, 0.2) is 28.6 Å². The molecule has 5 nitrogen and oxygen atoms in total. The van der Waals surface area contributed by atoms with Crippen LogP contribution >= 0.6 is 23.1 Å². The SMILES string of the molecule is CCC(CC)NC(=O)CSc1nnc(Nc2cccc(F)c2)s1. The molecule has 0 bridgehead atoms. The highest BCUT2D eigenvalue weighted by Gasteiger charge is 2.11. The molecule has 0 saturated carbocycles. The van der Waals surface area contributed by atoms with Crippen molar-refractivity contribution in [2.24, 2.45) is 0 Å². The lowest BCUT2D eigenvalue weighted by Gasteiger charge is -2.13. The van der Waals surface area contributed by atoms with Gasteiger partial charge in [0.1, 0.15) is 5.82 Å². The summed E-state index contributed by atoms with van der Waals surface area (Å²) in [5.74, 6) is -0.00353. The summed E-state index contributed by atoms with van der Waals surface area (Å²) < 4.78 is 13.8. The van der Waals surface area contributed by atoms with Crippen molar-refractivity contribution in [3.8, 4) is 0 Å². The fourth-order valence-corrected chi connectivity index (χ4v) is 3.48. The number of rotatable bonds is 8. The largest absolute Gasteiger partial charge is 0.353 e. The maximum atomic E-state index is 13.1. The summed E-state index contributed by atoms with van der Waals surface area (Å²) in [5, 5.41) is 14.6. The summed E-state index contributed by atoms with van der Waals surface area (Å²) in [6.45, 7) is 4.10. The van der Waals surface area contributed by atoms with Crippen LogP contribution in [0.5, 0.6) is 0 Å². The van der Waals surface area contributed by atoms with Crippen molar-refractivity contribution in [1.82, 2.24) is 15.5 Å². The first-order valence-corrected chi connectivity index (χ1v) is 9.19. The lowest BCUT2D eigenvalue weighted by atomic mass is 10.2. The van der Waals surface area contributed by atoms with Gasteiger partial charge in [-0.25, -0.2) is 4.39 Å². The van der Waals surface area contributed by atoms with Crippen LogP contribution in [-0.2, 0) is 4.79 Å². The number of carbonyl (C=O) groups is 1. The van der Waals surface area contributed by atoms with Crippen LogP contribution in [0.25, 0.3) is 0 Å². The van der Waals surface area contributed by atoms with Crippen molar-refractivity contribution >= 4 is 39.8 Å². The van der Waals surface area contributed by atoms with Gasteiger partial charge in [0.25, 0.3) is 0 Å². The number of thioether (sulfide) groups is 1. The highest BCUT2D eigenvalue weighted by molar-refractivity contribution is 8.01. The predicted molar refractivity (Wildman–Crippen MR) is 92.8 cm³/mol. The van der Waals surface area contributed by atoms with E-state index < -0.39 is 0 Å². The van der Waals surface area contributed by atoms with Gasteiger partial charge >= 0.3 is 0 Å². The van der Waals surface area contributed by atoms with Gasteiger partial charge in [-0.05, 0) is 31.0 Å². The van der Waals surface area contributed by atoms with Gasteiger partial charge in [0, 0.05) is 11.7 Å². The molecule has 2 N–H and O–H groups in total. The van der Waals surface area contributed by atoms with Gasteiger partial charge in [0.15, 0.2) is 4.34 Å². The van der Waals surface area contributed by atoms with Gasteiger partial charge in [-0.1, -0.05) is 43.0 Å². The van der Waals surface area contributed by atoms with Crippen LogP contribution in [0, 0.1) is 5.82 Å². The summed E-state index contributed by atoms with van der Waals surface area (Å²) >= 11 is 2.68. The Balaban J connectivity index is 1.84. The molecule has 0 spiro atoms. The third-order valence-corrected chi connectivity index (χ3v) is 5.13. The summed E-state index contributed by atoms with van der Waals surface area (Å²) in [5.41, 5.74) is 0.615. The molecule has 0 saturated heterocycles. The van der Waals surface area contributed by atoms with E-state index in [4.69, 9.17) is 0 Å². The van der Waals surface area contributed by atoms with Crippen LogP contribution in [-0.4, -0.2) is 27.9 Å². The van der Waals surface area contributed by atoms with Crippen molar-refractivity contribution in [1.29, 1.82) is 0 Å². The molecule has 0 radical (unpaired) electrons. The topological polar surface area (TPSA) is 66.9 Å². The smallest absolute Gasteiger partial charge is 0.230 e. The summed E-state index contributed by atoms with van der Waals surface area (Å²) in [6.07, 6.45) is 1.85. The number of halogens is 1. The first-order chi connectivity index (χ1) is 11.1. The third-order valence-electron chi connectivity index (χ3n) is 3.16. The molecule has 0 fully saturated rings. The van der Waals surface area contributed by atoms with E-state index >= 15 is 0 Å². The number of amides is 1. The van der Waals surface area contributed by atoms with Gasteiger partial charge < -0.3 is 10.6 Å². The number of carbonyl (C=O) groups excluding carboxylic acids is 1. The van der Waals surface area contributed by atoms with Crippen molar-refractivity contribution in [3.63, 3.8) is 0 Å². The molecule has 8 heteroatoms. The minimum atomic E-state index is -0.313. The van der Waals surface area contributed by atoms with Crippen molar-refractivity contribution in [2.75, 3.05) is 11.1 Å². The number of hydrogen-bond donors (Lipinski definition) is 2. The molecule has 2 aromatic rings. The predicted octanol–water partition coefficient (Wildman–Crippen LogP) is 3.82. The van der Waals surface area contributed by atoms with Gasteiger partial charge in [0.05, 0.1) is 5.75 Å². The Kier molecular flexibility index (Phi) is 6.79. The average molecular weight is 354 g/mol. The lowest BCUT2D eigenvalue weighted by molar-refractivity contribution is -0.119. The molecule has 1 aromatic carbocycles. The zero-order valence-corrected chi connectivity index (χ0v) is 14.6. The quantitative estimate of drug-likeness (QED) is 0.706. The van der Waals surface area contributed by atoms with Crippen molar-refractivity contribution < 1.29 is 9.18 Å². The number of aromatic nitrogens is 2. The minimum absolute atomic E-state index is 0.00135. The molecule has 1 amide bonds. The maximum Gasteiger partial charge on any atom is 0.230 e. The molecule has 0 unspecified atom stereocenters. The second-order valence-electron chi connectivity index (χ2n) is 4.88. The molecule has 2 rings (SSSR count). The second-order valence-corrected chi connectivity index (χ2v) is 7.08. The van der Waals surface area contributed by atoms with Gasteiger partial charge in [-0.2, -0.15) is 0 Å². The fraction of sp³-hybridized carbons (Fsp3) is 0.400. The minimum Gasteiger partial charge on any atom is -0.353 e. The van der Waals surface area contributed by atoms with Gasteiger partial charge in [-0.15, -0.1) is 10.2 Å². The normalized spacial score (nSPS) is 10.8. The van der Waals surface area contributed by atoms with E-state index in [9.17, 15) is 9.18 Å². The van der Waals surface area contributed by atoms with Crippen LogP contribution in [0.1, 0.15) is 26.7 Å². The Labute approximate surface area is 143 Å². The van der Waals surface area contributed by atoms with Gasteiger partial charge in [-0.3, -0.25) is 4.79 Å². The average Bonchev–Trinajstić information content (AvgIpc) is 2.98. The molecule has 124 valence electrons. The molecule has 1 aromatic heterocycles. The number of hydrogen-bond acceptors (Lipinski definition) is 6. The number of benzene rings is 1. The molecule has 0 aliphatic heterocycles. The molecule has 23 heavy (non-hydrogen) atoms. The number of nitrogens with one attached hydrogen (secondary N) is 2. The molecule has 1 heterocycles. The zero-order chi connectivity index (χ0) is 16.7. The van der Waals surface area contributed by atoms with Crippen LogP contribution in [0.2, 0.25) is 0 Å². The van der Waals surface area contributed by atoms with E-state index in [1.54, 1.807) is 12.1 Å². The number of anilines is 2. The fourth-order valence-electron chi connectivity index (χ4n) is 1.90. The molecular formula is C15H19FN4OS2. The van der Waals surface area contributed by atoms with Gasteiger partial charge in [0.2, 0.25) is 11.0 Å². The standard InChI is InChI=1S/C15H19FN4OS2/c1-3-11(4-2)17-13(21)9-22-15-20-19-14(23-15)18-12-7-5-6-10(16)8-12/h5-8,11H,3-4,9H2,1-2H3,(H,17,21)(H,18,19). The van der Waals surface area contributed by atoms with Crippen LogP contribution in [0.4, 0.5) is 15.2 Å². The van der Waals surface area contributed by atoms with E-state index in [2.05, 4.69) is 34.7 Å². The molecule has 0 aliphatic rings. The zero-order valence-electron chi connectivity index (χ0n) is 13.0. The van der Waals surface area contributed by atoms with E-state index in [1.165, 1.54) is 35.2 Å². The van der Waals surface area contributed by atoms with E-state index in [-0.39, 0.29) is 17.8 Å². The molecule has 0 atom stereocenters. The molecular weight excluding hydrogens is 335 g/mol. The Morgan fingerprint density at radius 3 is 2.83 bits per heavy atom. The third kappa shape index (κ3) is 5.80. The first-order valence-electron chi connectivity index (χ1n) is 7.39. The first kappa shape index (κ1) is 17.7.